The molecule has 1 N–H and O–H groups in total. The molecule has 0 fully saturated rings. The Labute approximate surface area is 169 Å². The zero-order valence-corrected chi connectivity index (χ0v) is 15.8. The molecular weight excluding hydrogens is 363 g/mol. The summed E-state index contributed by atoms with van der Waals surface area (Å²) in [7, 11) is 0. The van der Waals surface area contributed by atoms with Gasteiger partial charge in [0, 0.05) is 6.20 Å². The molecule has 0 aliphatic carbocycles. The van der Waals surface area contributed by atoms with Gasteiger partial charge in [-0.2, -0.15) is 0 Å². The van der Waals surface area contributed by atoms with Crippen LogP contribution in [0, 0.1) is 0 Å². The lowest BCUT2D eigenvalue weighted by molar-refractivity contribution is 0.300. The van der Waals surface area contributed by atoms with Crippen LogP contribution in [0.15, 0.2) is 109 Å². The third-order valence-electron chi connectivity index (χ3n) is 5.02. The first-order chi connectivity index (χ1) is 14.2. The van der Waals surface area contributed by atoms with Gasteiger partial charge in [-0.15, -0.1) is 0 Å². The van der Waals surface area contributed by atoms with Crippen molar-refractivity contribution in [2.24, 2.45) is 0 Å². The number of halogens is 1. The van der Waals surface area contributed by atoms with E-state index in [1.54, 1.807) is 6.33 Å². The van der Waals surface area contributed by atoms with E-state index < -0.39 is 18.0 Å². The van der Waals surface area contributed by atoms with Gasteiger partial charge in [-0.1, -0.05) is 91.0 Å². The van der Waals surface area contributed by atoms with E-state index in [0.717, 1.165) is 16.7 Å². The molecule has 0 saturated heterocycles. The first kappa shape index (κ1) is 18.8. The summed E-state index contributed by atoms with van der Waals surface area (Å²) in [6, 6.07) is 30.6. The topological polar surface area (TPSA) is 38.0 Å². The average Bonchev–Trinajstić information content (AvgIpc) is 3.25. The van der Waals surface area contributed by atoms with Crippen molar-refractivity contribution in [1.29, 1.82) is 0 Å². The Balaban J connectivity index is 2.04. The van der Waals surface area contributed by atoms with Gasteiger partial charge in [-0.05, 0) is 22.8 Å². The van der Waals surface area contributed by atoms with E-state index >= 15 is 0 Å². The third kappa shape index (κ3) is 3.50. The van der Waals surface area contributed by atoms with Crippen molar-refractivity contribution in [3.05, 3.63) is 132 Å². The summed E-state index contributed by atoms with van der Waals surface area (Å²) in [6.45, 7) is -0.645. The van der Waals surface area contributed by atoms with Crippen molar-refractivity contribution in [3.8, 4) is 0 Å². The summed E-state index contributed by atoms with van der Waals surface area (Å²) in [5, 5.41) is 9.02. The molecule has 4 aromatic rings. The van der Waals surface area contributed by atoms with Gasteiger partial charge >= 0.3 is 0 Å². The zero-order valence-electron chi connectivity index (χ0n) is 15.8. The summed E-state index contributed by atoms with van der Waals surface area (Å²) in [4.78, 5) is 4.38. The molecule has 4 rings (SSSR count). The molecule has 0 aliphatic rings. The molecule has 0 spiro atoms. The lowest BCUT2D eigenvalue weighted by Crippen LogP contribution is -2.36. The van der Waals surface area contributed by atoms with E-state index in [4.69, 9.17) is 5.11 Å². The molecule has 0 amide bonds. The summed E-state index contributed by atoms with van der Waals surface area (Å²) < 4.78 is 15.7. The van der Waals surface area contributed by atoms with Crippen molar-refractivity contribution in [1.82, 2.24) is 9.55 Å². The maximum atomic E-state index is 13.7. The van der Waals surface area contributed by atoms with Gasteiger partial charge < -0.3 is 9.67 Å². The van der Waals surface area contributed by atoms with E-state index in [1.165, 1.54) is 6.08 Å². The van der Waals surface area contributed by atoms with Crippen LogP contribution in [0.5, 0.6) is 0 Å². The summed E-state index contributed by atoms with van der Waals surface area (Å²) in [5.41, 5.74) is 2.95. The molecule has 3 aromatic carbocycles. The normalized spacial score (nSPS) is 12.1. The third-order valence-corrected chi connectivity index (χ3v) is 5.02. The maximum Gasteiger partial charge on any atom is 0.127 e. The SMILES string of the molecule is OC/C(F)=C/c1cn(C(c2ccccc2)(c2ccccc2)c2ccccc2)cn1. The lowest BCUT2D eigenvalue weighted by atomic mass is 9.77. The van der Waals surface area contributed by atoms with Crippen molar-refractivity contribution in [3.63, 3.8) is 0 Å². The van der Waals surface area contributed by atoms with Gasteiger partial charge in [0.05, 0.1) is 18.6 Å². The Bertz CT molecular complexity index is 993. The summed E-state index contributed by atoms with van der Waals surface area (Å²) in [5.74, 6) is -0.625. The molecule has 0 bridgehead atoms. The molecule has 3 nitrogen and oxygen atoms in total. The lowest BCUT2D eigenvalue weighted by Gasteiger charge is -2.37. The number of aliphatic hydroxyl groups is 1. The van der Waals surface area contributed by atoms with Crippen molar-refractivity contribution in [2.45, 2.75) is 5.54 Å². The molecule has 0 saturated carbocycles. The van der Waals surface area contributed by atoms with Crippen LogP contribution in [0.3, 0.4) is 0 Å². The van der Waals surface area contributed by atoms with Crippen molar-refractivity contribution < 1.29 is 9.50 Å². The van der Waals surface area contributed by atoms with Gasteiger partial charge in [0.15, 0.2) is 0 Å². The number of aliphatic hydroxyl groups excluding tert-OH is 1. The fraction of sp³-hybridized carbons (Fsp3) is 0.0800. The number of aromatic nitrogens is 2. The highest BCUT2D eigenvalue weighted by atomic mass is 19.1. The highest BCUT2D eigenvalue weighted by Gasteiger charge is 2.38. The van der Waals surface area contributed by atoms with Crippen LogP contribution in [0.2, 0.25) is 0 Å². The number of nitrogens with zero attached hydrogens (tertiary/aromatic N) is 2. The molecule has 4 heteroatoms. The molecule has 0 unspecified atom stereocenters. The van der Waals surface area contributed by atoms with E-state index in [-0.39, 0.29) is 0 Å². The molecule has 1 aromatic heterocycles. The Morgan fingerprint density at radius 1 is 0.828 bits per heavy atom. The van der Waals surface area contributed by atoms with Crippen LogP contribution in [-0.2, 0) is 5.54 Å². The molecule has 144 valence electrons. The Kier molecular flexibility index (Phi) is 5.36. The predicted molar refractivity (Wildman–Crippen MR) is 113 cm³/mol. The second-order valence-electron chi connectivity index (χ2n) is 6.76. The van der Waals surface area contributed by atoms with Crippen LogP contribution in [0.25, 0.3) is 6.08 Å². The minimum absolute atomic E-state index is 0.448. The van der Waals surface area contributed by atoms with E-state index in [2.05, 4.69) is 41.4 Å². The average molecular weight is 384 g/mol. The predicted octanol–water partition coefficient (Wildman–Crippen LogP) is 5.03. The van der Waals surface area contributed by atoms with Gasteiger partial charge in [0.25, 0.3) is 0 Å². The smallest absolute Gasteiger partial charge is 0.127 e. The second kappa shape index (κ2) is 8.25. The molecule has 29 heavy (non-hydrogen) atoms. The largest absolute Gasteiger partial charge is 0.389 e. The first-order valence-corrected chi connectivity index (χ1v) is 9.43. The minimum Gasteiger partial charge on any atom is -0.389 e. The summed E-state index contributed by atoms with van der Waals surface area (Å²) >= 11 is 0. The zero-order chi connectivity index (χ0) is 20.1. The first-order valence-electron chi connectivity index (χ1n) is 9.43. The molecule has 0 atom stereocenters. The van der Waals surface area contributed by atoms with Gasteiger partial charge in [0.2, 0.25) is 0 Å². The number of hydrogen-bond donors (Lipinski definition) is 1. The molecule has 0 aliphatic heterocycles. The minimum atomic E-state index is -0.682. The van der Waals surface area contributed by atoms with Gasteiger partial charge in [0.1, 0.15) is 11.4 Å². The van der Waals surface area contributed by atoms with E-state index in [1.807, 2.05) is 65.4 Å². The molecule has 1 heterocycles. The quantitative estimate of drug-likeness (QED) is 0.474. The van der Waals surface area contributed by atoms with Crippen LogP contribution >= 0.6 is 0 Å². The number of benzene rings is 3. The fourth-order valence-electron chi connectivity index (χ4n) is 3.79. The second-order valence-corrected chi connectivity index (χ2v) is 6.76. The fourth-order valence-corrected chi connectivity index (χ4v) is 3.79. The van der Waals surface area contributed by atoms with E-state index in [9.17, 15) is 4.39 Å². The standard InChI is InChI=1S/C25H21FN2O/c26-23(18-29)16-24-17-28(19-27-24)25(20-10-4-1-5-11-20,21-12-6-2-7-13-21)22-14-8-3-9-15-22/h1-17,19,29H,18H2/b23-16-. The van der Waals surface area contributed by atoms with Gasteiger partial charge in [-0.25, -0.2) is 9.37 Å². The molecular formula is C25H21FN2O. The Morgan fingerprint density at radius 2 is 1.28 bits per heavy atom. The van der Waals surface area contributed by atoms with E-state index in [0.29, 0.717) is 5.69 Å². The maximum absolute atomic E-state index is 13.7. The van der Waals surface area contributed by atoms with Crippen molar-refractivity contribution >= 4 is 6.08 Å². The monoisotopic (exact) mass is 384 g/mol. The van der Waals surface area contributed by atoms with Crippen LogP contribution in [-0.4, -0.2) is 21.3 Å². The Morgan fingerprint density at radius 3 is 1.69 bits per heavy atom. The Hall–Kier alpha value is -3.50. The number of rotatable bonds is 6. The van der Waals surface area contributed by atoms with Crippen LogP contribution in [0.1, 0.15) is 22.4 Å². The van der Waals surface area contributed by atoms with Crippen LogP contribution < -0.4 is 0 Å². The van der Waals surface area contributed by atoms with Crippen LogP contribution in [0.4, 0.5) is 4.39 Å². The van der Waals surface area contributed by atoms with Crippen molar-refractivity contribution in [2.75, 3.05) is 6.61 Å². The molecule has 0 radical (unpaired) electrons. The van der Waals surface area contributed by atoms with Gasteiger partial charge in [-0.3, -0.25) is 0 Å². The highest BCUT2D eigenvalue weighted by molar-refractivity contribution is 5.52. The number of imidazole rings is 1. The highest BCUT2D eigenvalue weighted by Crippen LogP contribution is 2.40. The number of hydrogen-bond acceptors (Lipinski definition) is 2. The summed E-state index contributed by atoms with van der Waals surface area (Å²) in [6.07, 6.45) is 4.77.